The third kappa shape index (κ3) is 2.16. The molecule has 2 atom stereocenters. The molecule has 3 rings (SSSR count). The number of benzene rings is 1. The van der Waals surface area contributed by atoms with Gasteiger partial charge in [-0.2, -0.15) is 0 Å². The zero-order valence-electron chi connectivity index (χ0n) is 10.1. The van der Waals surface area contributed by atoms with Crippen LogP contribution in [0.15, 0.2) is 24.3 Å². The monoisotopic (exact) mass is 268 g/mol. The average Bonchev–Trinajstić information content (AvgIpc) is 2.98. The highest BCUT2D eigenvalue weighted by molar-refractivity contribution is 6.30. The molecule has 1 heterocycles. The standard InChI is InChI=1S/C14H17ClO3/c15-11-5-3-10(4-6-11)13-12(9-16)17-14(18-13)7-1-2-8-14/h3-6,12-13,16H,1-2,7-9H2/t12-,13-/m1/s1. The van der Waals surface area contributed by atoms with E-state index in [1.807, 2.05) is 24.3 Å². The zero-order chi connectivity index (χ0) is 12.6. The Kier molecular flexibility index (Phi) is 3.32. The second-order valence-corrected chi connectivity index (χ2v) is 5.48. The van der Waals surface area contributed by atoms with Crippen molar-refractivity contribution < 1.29 is 14.6 Å². The van der Waals surface area contributed by atoms with Crippen molar-refractivity contribution in [3.63, 3.8) is 0 Å². The van der Waals surface area contributed by atoms with Gasteiger partial charge in [0.1, 0.15) is 12.2 Å². The molecule has 98 valence electrons. The molecule has 2 fully saturated rings. The normalized spacial score (nSPS) is 30.1. The first-order chi connectivity index (χ1) is 8.72. The molecule has 3 nitrogen and oxygen atoms in total. The molecular formula is C14H17ClO3. The largest absolute Gasteiger partial charge is 0.394 e. The van der Waals surface area contributed by atoms with Crippen LogP contribution in [0, 0.1) is 0 Å². The van der Waals surface area contributed by atoms with E-state index in [1.54, 1.807) is 0 Å². The molecule has 0 radical (unpaired) electrons. The fraction of sp³-hybridized carbons (Fsp3) is 0.571. The molecule has 4 heteroatoms. The highest BCUT2D eigenvalue weighted by atomic mass is 35.5. The molecule has 0 unspecified atom stereocenters. The number of halogens is 1. The Labute approximate surface area is 112 Å². The van der Waals surface area contributed by atoms with Crippen molar-refractivity contribution >= 4 is 11.6 Å². The topological polar surface area (TPSA) is 38.7 Å². The summed E-state index contributed by atoms with van der Waals surface area (Å²) < 4.78 is 12.1. The van der Waals surface area contributed by atoms with Crippen LogP contribution < -0.4 is 0 Å². The van der Waals surface area contributed by atoms with Gasteiger partial charge in [0.2, 0.25) is 0 Å². The number of hydrogen-bond donors (Lipinski definition) is 1. The van der Waals surface area contributed by atoms with Crippen molar-refractivity contribution in [1.82, 2.24) is 0 Å². The number of aliphatic hydroxyl groups excluding tert-OH is 1. The van der Waals surface area contributed by atoms with E-state index >= 15 is 0 Å². The van der Waals surface area contributed by atoms with Crippen LogP contribution in [0.1, 0.15) is 37.4 Å². The molecule has 1 aromatic carbocycles. The zero-order valence-corrected chi connectivity index (χ0v) is 10.9. The summed E-state index contributed by atoms with van der Waals surface area (Å²) in [6.07, 6.45) is 3.65. The fourth-order valence-electron chi connectivity index (χ4n) is 2.89. The summed E-state index contributed by atoms with van der Waals surface area (Å²) in [5, 5.41) is 10.2. The molecule has 1 aliphatic carbocycles. The Hall–Kier alpha value is -0.610. The summed E-state index contributed by atoms with van der Waals surface area (Å²) in [7, 11) is 0. The average molecular weight is 269 g/mol. The minimum Gasteiger partial charge on any atom is -0.394 e. The van der Waals surface area contributed by atoms with Crippen LogP contribution in [0.5, 0.6) is 0 Å². The fourth-order valence-corrected chi connectivity index (χ4v) is 3.02. The smallest absolute Gasteiger partial charge is 0.169 e. The predicted molar refractivity (Wildman–Crippen MR) is 68.4 cm³/mol. The van der Waals surface area contributed by atoms with E-state index in [0.29, 0.717) is 5.02 Å². The van der Waals surface area contributed by atoms with Crippen LogP contribution in [0.3, 0.4) is 0 Å². The van der Waals surface area contributed by atoms with Gasteiger partial charge in [0.15, 0.2) is 5.79 Å². The third-order valence-electron chi connectivity index (χ3n) is 3.79. The van der Waals surface area contributed by atoms with Crippen LogP contribution in [-0.4, -0.2) is 23.6 Å². The van der Waals surface area contributed by atoms with Crippen molar-refractivity contribution in [3.05, 3.63) is 34.9 Å². The van der Waals surface area contributed by atoms with Gasteiger partial charge >= 0.3 is 0 Å². The van der Waals surface area contributed by atoms with Crippen molar-refractivity contribution in [2.45, 2.75) is 43.7 Å². The van der Waals surface area contributed by atoms with Gasteiger partial charge in [-0.3, -0.25) is 0 Å². The Morgan fingerprint density at radius 1 is 1.17 bits per heavy atom. The van der Waals surface area contributed by atoms with Gasteiger partial charge < -0.3 is 14.6 Å². The molecule has 1 aromatic rings. The van der Waals surface area contributed by atoms with Crippen molar-refractivity contribution in [3.8, 4) is 0 Å². The van der Waals surface area contributed by atoms with E-state index in [0.717, 1.165) is 31.2 Å². The minimum absolute atomic E-state index is 0.0188. The number of ether oxygens (including phenoxy) is 2. The van der Waals surface area contributed by atoms with Crippen LogP contribution in [0.4, 0.5) is 0 Å². The Balaban J connectivity index is 1.84. The summed E-state index contributed by atoms with van der Waals surface area (Å²) in [6.45, 7) is -0.0188. The molecular weight excluding hydrogens is 252 g/mol. The van der Waals surface area contributed by atoms with Crippen LogP contribution in [-0.2, 0) is 9.47 Å². The van der Waals surface area contributed by atoms with E-state index in [-0.39, 0.29) is 18.8 Å². The van der Waals surface area contributed by atoms with Crippen LogP contribution >= 0.6 is 11.6 Å². The van der Waals surface area contributed by atoms with E-state index in [4.69, 9.17) is 21.1 Å². The van der Waals surface area contributed by atoms with Gasteiger partial charge in [-0.15, -0.1) is 0 Å². The first-order valence-corrected chi connectivity index (χ1v) is 6.82. The third-order valence-corrected chi connectivity index (χ3v) is 4.04. The van der Waals surface area contributed by atoms with E-state index < -0.39 is 5.79 Å². The van der Waals surface area contributed by atoms with Crippen molar-refractivity contribution in [1.29, 1.82) is 0 Å². The predicted octanol–water partition coefficient (Wildman–Crippen LogP) is 3.06. The maximum atomic E-state index is 9.46. The first kappa shape index (κ1) is 12.4. The minimum atomic E-state index is -0.461. The summed E-state index contributed by atoms with van der Waals surface area (Å²) in [5.74, 6) is -0.461. The summed E-state index contributed by atoms with van der Waals surface area (Å²) in [6, 6.07) is 7.56. The molecule has 1 spiro atoms. The molecule has 1 saturated heterocycles. The SMILES string of the molecule is OC[C@H]1OC2(CCCC2)O[C@@H]1c1ccc(Cl)cc1. The summed E-state index contributed by atoms with van der Waals surface area (Å²) >= 11 is 5.89. The van der Waals surface area contributed by atoms with Gasteiger partial charge in [-0.25, -0.2) is 0 Å². The Bertz CT molecular complexity index is 412. The first-order valence-electron chi connectivity index (χ1n) is 6.44. The lowest BCUT2D eigenvalue weighted by atomic mass is 10.1. The highest BCUT2D eigenvalue weighted by Gasteiger charge is 2.49. The van der Waals surface area contributed by atoms with E-state index in [1.165, 1.54) is 0 Å². The van der Waals surface area contributed by atoms with Gasteiger partial charge in [0.25, 0.3) is 0 Å². The number of rotatable bonds is 2. The molecule has 18 heavy (non-hydrogen) atoms. The van der Waals surface area contributed by atoms with Gasteiger partial charge in [0.05, 0.1) is 6.61 Å². The van der Waals surface area contributed by atoms with Crippen LogP contribution in [0.2, 0.25) is 5.02 Å². The molecule has 1 saturated carbocycles. The molecule has 1 N–H and O–H groups in total. The van der Waals surface area contributed by atoms with E-state index in [2.05, 4.69) is 0 Å². The second kappa shape index (κ2) is 4.82. The maximum absolute atomic E-state index is 9.46. The molecule has 0 amide bonds. The lowest BCUT2D eigenvalue weighted by Gasteiger charge is -2.21. The molecule has 0 bridgehead atoms. The van der Waals surface area contributed by atoms with Gasteiger partial charge in [-0.1, -0.05) is 23.7 Å². The number of hydrogen-bond acceptors (Lipinski definition) is 3. The molecule has 1 aliphatic heterocycles. The molecule has 0 aromatic heterocycles. The van der Waals surface area contributed by atoms with Gasteiger partial charge in [0, 0.05) is 17.9 Å². The van der Waals surface area contributed by atoms with Crippen molar-refractivity contribution in [2.24, 2.45) is 0 Å². The lowest BCUT2D eigenvalue weighted by Crippen LogP contribution is -2.27. The number of aliphatic hydroxyl groups is 1. The highest BCUT2D eigenvalue weighted by Crippen LogP contribution is 2.46. The Morgan fingerprint density at radius 3 is 2.44 bits per heavy atom. The Morgan fingerprint density at radius 2 is 1.83 bits per heavy atom. The lowest BCUT2D eigenvalue weighted by molar-refractivity contribution is -0.172. The quantitative estimate of drug-likeness (QED) is 0.896. The maximum Gasteiger partial charge on any atom is 0.169 e. The second-order valence-electron chi connectivity index (χ2n) is 5.05. The van der Waals surface area contributed by atoms with Crippen molar-refractivity contribution in [2.75, 3.05) is 6.61 Å². The van der Waals surface area contributed by atoms with Crippen LogP contribution in [0.25, 0.3) is 0 Å². The summed E-state index contributed by atoms with van der Waals surface area (Å²) in [4.78, 5) is 0. The van der Waals surface area contributed by atoms with Gasteiger partial charge in [-0.05, 0) is 30.5 Å². The molecule has 2 aliphatic rings. The van der Waals surface area contributed by atoms with E-state index in [9.17, 15) is 5.11 Å². The summed E-state index contributed by atoms with van der Waals surface area (Å²) in [5.41, 5.74) is 1.02.